The SMILES string of the molecule is CC1(C)C2CCC1(CS(=O)(=O)[O-])C(=O)C2.CCCCCCC(=O)C[S+]1CCCC1. The number of Topliss-reactive ketones (excluding diaryl/α,β-unsaturated/α-hetero) is 2. The summed E-state index contributed by atoms with van der Waals surface area (Å²) in [6.45, 7) is 6.04. The van der Waals surface area contributed by atoms with Gasteiger partial charge in [-0.05, 0) is 54.3 Å². The highest BCUT2D eigenvalue weighted by Crippen LogP contribution is 2.64. The van der Waals surface area contributed by atoms with Crippen LogP contribution in [0.25, 0.3) is 0 Å². The minimum Gasteiger partial charge on any atom is -0.748 e. The first-order valence-corrected chi connectivity index (χ1v) is 14.5. The molecular formula is C22H38O5S2. The van der Waals surface area contributed by atoms with Crippen molar-refractivity contribution < 1.29 is 22.6 Å². The average molecular weight is 447 g/mol. The van der Waals surface area contributed by atoms with Gasteiger partial charge in [0.1, 0.15) is 17.3 Å². The molecule has 1 aliphatic heterocycles. The fraction of sp³-hybridized carbons (Fsp3) is 0.909. The van der Waals surface area contributed by atoms with Gasteiger partial charge in [0.25, 0.3) is 0 Å². The Labute approximate surface area is 179 Å². The number of hydrogen-bond acceptors (Lipinski definition) is 5. The van der Waals surface area contributed by atoms with Gasteiger partial charge in [-0.15, -0.1) is 0 Å². The van der Waals surface area contributed by atoms with Crippen molar-refractivity contribution in [2.24, 2.45) is 16.7 Å². The van der Waals surface area contributed by atoms with Crippen molar-refractivity contribution in [2.75, 3.05) is 23.0 Å². The van der Waals surface area contributed by atoms with Crippen LogP contribution in [0.4, 0.5) is 0 Å². The third-order valence-corrected chi connectivity index (χ3v) is 10.7. The second kappa shape index (κ2) is 10.3. The summed E-state index contributed by atoms with van der Waals surface area (Å²) < 4.78 is 32.7. The molecule has 0 aromatic heterocycles. The van der Waals surface area contributed by atoms with Gasteiger partial charge in [0.15, 0.2) is 11.5 Å². The second-order valence-electron chi connectivity index (χ2n) is 9.59. The van der Waals surface area contributed by atoms with E-state index in [9.17, 15) is 22.6 Å². The van der Waals surface area contributed by atoms with Gasteiger partial charge >= 0.3 is 0 Å². The molecule has 0 N–H and O–H groups in total. The third-order valence-electron chi connectivity index (χ3n) is 7.35. The normalized spacial score (nSPS) is 28.4. The predicted octanol–water partition coefficient (Wildman–Crippen LogP) is 3.87. The molecule has 3 fully saturated rings. The Kier molecular flexibility index (Phi) is 8.81. The van der Waals surface area contributed by atoms with Crippen LogP contribution < -0.4 is 0 Å². The summed E-state index contributed by atoms with van der Waals surface area (Å²) in [6, 6.07) is 0. The molecule has 168 valence electrons. The second-order valence-corrected chi connectivity index (χ2v) is 13.3. The molecule has 1 saturated heterocycles. The maximum absolute atomic E-state index is 11.8. The molecule has 0 aromatic carbocycles. The van der Waals surface area contributed by atoms with E-state index in [0.29, 0.717) is 29.5 Å². The molecule has 0 aromatic rings. The van der Waals surface area contributed by atoms with E-state index < -0.39 is 21.3 Å². The first kappa shape index (κ1) is 24.9. The number of rotatable bonds is 9. The smallest absolute Gasteiger partial charge is 0.181 e. The van der Waals surface area contributed by atoms with Gasteiger partial charge in [-0.25, -0.2) is 8.42 Å². The van der Waals surface area contributed by atoms with Crippen LogP contribution in [0.2, 0.25) is 0 Å². The lowest BCUT2D eigenvalue weighted by Crippen LogP contribution is -2.42. The molecule has 29 heavy (non-hydrogen) atoms. The average Bonchev–Trinajstić information content (AvgIpc) is 3.24. The topological polar surface area (TPSA) is 91.3 Å². The maximum Gasteiger partial charge on any atom is 0.181 e. The first-order valence-electron chi connectivity index (χ1n) is 11.1. The Morgan fingerprint density at radius 2 is 1.83 bits per heavy atom. The van der Waals surface area contributed by atoms with Crippen LogP contribution in [0.1, 0.15) is 85.0 Å². The fourth-order valence-electron chi connectivity index (χ4n) is 5.32. The molecule has 2 aliphatic carbocycles. The van der Waals surface area contributed by atoms with Gasteiger partial charge in [0.2, 0.25) is 0 Å². The van der Waals surface area contributed by atoms with E-state index in [0.717, 1.165) is 25.0 Å². The van der Waals surface area contributed by atoms with Gasteiger partial charge in [-0.1, -0.05) is 40.0 Å². The summed E-state index contributed by atoms with van der Waals surface area (Å²) in [5, 5.41) is 0. The van der Waals surface area contributed by atoms with Gasteiger partial charge in [0, 0.05) is 18.3 Å². The van der Waals surface area contributed by atoms with Crippen molar-refractivity contribution in [1.29, 1.82) is 0 Å². The number of hydrogen-bond donors (Lipinski definition) is 0. The monoisotopic (exact) mass is 446 g/mol. The van der Waals surface area contributed by atoms with Crippen LogP contribution in [0.5, 0.6) is 0 Å². The zero-order valence-corrected chi connectivity index (χ0v) is 20.0. The summed E-state index contributed by atoms with van der Waals surface area (Å²) >= 11 is 0. The van der Waals surface area contributed by atoms with Crippen LogP contribution in [0, 0.1) is 16.7 Å². The first-order chi connectivity index (χ1) is 13.5. The largest absolute Gasteiger partial charge is 0.748 e. The van der Waals surface area contributed by atoms with Crippen LogP contribution >= 0.6 is 0 Å². The standard InChI is InChI=1S/C12H23OS.C10H16O4S/c1-2-3-4-5-8-12(13)11-14-9-6-7-10-14;1-9(2)7-3-4-10(9,8(11)5-7)6-15(12,13)14/h2-11H2,1H3;7H,3-6H2,1-2H3,(H,12,13,14)/q+1;/p-1. The van der Waals surface area contributed by atoms with E-state index in [4.69, 9.17) is 0 Å². The van der Waals surface area contributed by atoms with E-state index in [1.54, 1.807) is 0 Å². The third kappa shape index (κ3) is 6.30. The van der Waals surface area contributed by atoms with E-state index in [-0.39, 0.29) is 17.1 Å². The molecule has 2 bridgehead atoms. The van der Waals surface area contributed by atoms with Crippen molar-refractivity contribution in [1.82, 2.24) is 0 Å². The van der Waals surface area contributed by atoms with E-state index in [2.05, 4.69) is 6.92 Å². The number of carbonyl (C=O) groups is 2. The van der Waals surface area contributed by atoms with Crippen LogP contribution in [-0.2, 0) is 30.6 Å². The van der Waals surface area contributed by atoms with Crippen molar-refractivity contribution in [3.63, 3.8) is 0 Å². The zero-order valence-electron chi connectivity index (χ0n) is 18.3. The Morgan fingerprint density at radius 3 is 2.31 bits per heavy atom. The van der Waals surface area contributed by atoms with Crippen molar-refractivity contribution >= 4 is 32.6 Å². The maximum atomic E-state index is 11.8. The van der Waals surface area contributed by atoms with E-state index in [1.807, 2.05) is 13.8 Å². The minimum absolute atomic E-state index is 0.0248. The number of ketones is 2. The molecule has 0 radical (unpaired) electrons. The summed E-state index contributed by atoms with van der Waals surface area (Å²) in [6.07, 6.45) is 10.4. The Balaban J connectivity index is 0.000000208. The van der Waals surface area contributed by atoms with Gasteiger partial charge in [-0.2, -0.15) is 0 Å². The van der Waals surface area contributed by atoms with Crippen LogP contribution in [0.3, 0.4) is 0 Å². The fourth-order valence-corrected chi connectivity index (χ4v) is 8.92. The summed E-state index contributed by atoms with van der Waals surface area (Å²) in [5.41, 5.74) is -1.22. The summed E-state index contributed by atoms with van der Waals surface area (Å²) in [7, 11) is -3.84. The van der Waals surface area contributed by atoms with Gasteiger partial charge in [-0.3, -0.25) is 9.59 Å². The lowest BCUT2D eigenvalue weighted by molar-refractivity contribution is -0.128. The quantitative estimate of drug-likeness (QED) is 0.305. The molecule has 0 spiro atoms. The summed E-state index contributed by atoms with van der Waals surface area (Å²) in [4.78, 5) is 23.4. The van der Waals surface area contributed by atoms with Crippen LogP contribution in [0.15, 0.2) is 0 Å². The molecule has 2 unspecified atom stereocenters. The molecule has 5 nitrogen and oxygen atoms in total. The lowest BCUT2D eigenvalue weighted by Gasteiger charge is -2.37. The number of unbranched alkanes of at least 4 members (excludes halogenated alkanes) is 3. The van der Waals surface area contributed by atoms with E-state index in [1.165, 1.54) is 43.6 Å². The molecule has 3 rings (SSSR count). The highest BCUT2D eigenvalue weighted by atomic mass is 32.2. The lowest BCUT2D eigenvalue weighted by atomic mass is 9.70. The summed E-state index contributed by atoms with van der Waals surface area (Å²) in [5.74, 6) is 3.83. The predicted molar refractivity (Wildman–Crippen MR) is 118 cm³/mol. The highest BCUT2D eigenvalue weighted by Gasteiger charge is 2.64. The molecule has 0 amide bonds. The van der Waals surface area contributed by atoms with Crippen molar-refractivity contribution in [2.45, 2.75) is 85.0 Å². The Hall–Kier alpha value is -0.400. The Morgan fingerprint density at radius 1 is 1.17 bits per heavy atom. The number of carbonyl (C=O) groups excluding carboxylic acids is 2. The number of fused-ring (bicyclic) bond motifs is 2. The molecule has 1 heterocycles. The van der Waals surface area contributed by atoms with E-state index >= 15 is 0 Å². The molecule has 2 atom stereocenters. The molecule has 7 heteroatoms. The van der Waals surface area contributed by atoms with Crippen molar-refractivity contribution in [3.8, 4) is 0 Å². The highest BCUT2D eigenvalue weighted by molar-refractivity contribution is 7.97. The van der Waals surface area contributed by atoms with Crippen LogP contribution in [-0.4, -0.2) is 47.5 Å². The molecular weight excluding hydrogens is 408 g/mol. The minimum atomic E-state index is -4.33. The van der Waals surface area contributed by atoms with Gasteiger partial charge < -0.3 is 4.55 Å². The Bertz CT molecular complexity index is 679. The van der Waals surface area contributed by atoms with Gasteiger partial charge in [0.05, 0.1) is 15.9 Å². The van der Waals surface area contributed by atoms with Crippen molar-refractivity contribution in [3.05, 3.63) is 0 Å². The zero-order chi connectivity index (χ0) is 21.7. The molecule has 3 aliphatic rings. The molecule has 2 saturated carbocycles.